The SMILES string of the molecule is CCNC(=NCC1(CS(C)(=O)=O)CC1)N1CCN(C(C)C(F)(F)F)CC1.I. The maximum Gasteiger partial charge on any atom is 0.403 e. The van der Waals surface area contributed by atoms with E-state index in [-0.39, 0.29) is 35.1 Å². The zero-order chi connectivity index (χ0) is 19.6. The second-order valence-corrected chi connectivity index (χ2v) is 9.62. The highest BCUT2D eigenvalue weighted by molar-refractivity contribution is 14.0. The third-order valence-corrected chi connectivity index (χ3v) is 6.20. The Hall–Kier alpha value is -0.300. The first kappa shape index (κ1) is 24.7. The highest BCUT2D eigenvalue weighted by atomic mass is 127. The molecule has 2 rings (SSSR count). The average molecular weight is 526 g/mol. The van der Waals surface area contributed by atoms with Crippen LogP contribution in [0.15, 0.2) is 4.99 Å². The molecule has 1 saturated heterocycles. The largest absolute Gasteiger partial charge is 0.403 e. The molecule has 11 heteroatoms. The highest BCUT2D eigenvalue weighted by Gasteiger charge is 2.45. The van der Waals surface area contributed by atoms with Crippen molar-refractivity contribution in [2.24, 2.45) is 10.4 Å². The minimum Gasteiger partial charge on any atom is -0.357 e. The number of nitrogens with zero attached hydrogens (tertiary/aromatic N) is 3. The Morgan fingerprint density at radius 1 is 1.22 bits per heavy atom. The fourth-order valence-electron chi connectivity index (χ4n) is 3.28. The molecule has 2 fully saturated rings. The third kappa shape index (κ3) is 7.56. The van der Waals surface area contributed by atoms with Crippen LogP contribution < -0.4 is 5.32 Å². The molecule has 0 aromatic rings. The molecule has 27 heavy (non-hydrogen) atoms. The van der Waals surface area contributed by atoms with E-state index in [1.54, 1.807) is 0 Å². The summed E-state index contributed by atoms with van der Waals surface area (Å²) in [6.45, 7) is 5.77. The van der Waals surface area contributed by atoms with Crippen LogP contribution in [-0.4, -0.2) is 87.7 Å². The summed E-state index contributed by atoms with van der Waals surface area (Å²) < 4.78 is 61.7. The first-order valence-electron chi connectivity index (χ1n) is 8.97. The summed E-state index contributed by atoms with van der Waals surface area (Å²) in [6.07, 6.45) is -1.28. The minimum atomic E-state index is -4.22. The number of rotatable bonds is 6. The second kappa shape index (κ2) is 9.47. The van der Waals surface area contributed by atoms with Gasteiger partial charge in [-0.1, -0.05) is 0 Å². The van der Waals surface area contributed by atoms with E-state index in [4.69, 9.17) is 0 Å². The van der Waals surface area contributed by atoms with Gasteiger partial charge in [-0.25, -0.2) is 8.42 Å². The molecule has 0 amide bonds. The normalized spacial score (nSPS) is 22.1. The number of hydrogen-bond donors (Lipinski definition) is 1. The molecule has 1 saturated carbocycles. The minimum absolute atomic E-state index is 0. The van der Waals surface area contributed by atoms with Crippen LogP contribution >= 0.6 is 24.0 Å². The van der Waals surface area contributed by atoms with E-state index in [1.165, 1.54) is 18.1 Å². The van der Waals surface area contributed by atoms with Gasteiger partial charge in [0.15, 0.2) is 5.96 Å². The number of sulfone groups is 1. The Balaban J connectivity index is 0.00000364. The van der Waals surface area contributed by atoms with Crippen molar-refractivity contribution >= 4 is 39.8 Å². The smallest absolute Gasteiger partial charge is 0.357 e. The van der Waals surface area contributed by atoms with Gasteiger partial charge < -0.3 is 10.2 Å². The molecule has 2 aliphatic rings. The molecule has 6 nitrogen and oxygen atoms in total. The number of nitrogens with one attached hydrogen (secondary N) is 1. The lowest BCUT2D eigenvalue weighted by Gasteiger charge is -2.39. The molecule has 0 bridgehead atoms. The van der Waals surface area contributed by atoms with Crippen molar-refractivity contribution in [1.82, 2.24) is 15.1 Å². The Morgan fingerprint density at radius 2 is 1.78 bits per heavy atom. The Labute approximate surface area is 176 Å². The van der Waals surface area contributed by atoms with E-state index in [0.29, 0.717) is 45.2 Å². The lowest BCUT2D eigenvalue weighted by Crippen LogP contribution is -2.56. The zero-order valence-corrected chi connectivity index (χ0v) is 19.2. The zero-order valence-electron chi connectivity index (χ0n) is 16.0. The van der Waals surface area contributed by atoms with E-state index in [2.05, 4.69) is 10.3 Å². The van der Waals surface area contributed by atoms with Crippen LogP contribution in [0.3, 0.4) is 0 Å². The first-order valence-corrected chi connectivity index (χ1v) is 11.0. The summed E-state index contributed by atoms with van der Waals surface area (Å²) in [6, 6.07) is -1.45. The van der Waals surface area contributed by atoms with Crippen LogP contribution in [0.1, 0.15) is 26.7 Å². The summed E-state index contributed by atoms with van der Waals surface area (Å²) in [7, 11) is -3.05. The summed E-state index contributed by atoms with van der Waals surface area (Å²) in [5.41, 5.74) is -0.263. The molecule has 0 aromatic heterocycles. The highest BCUT2D eigenvalue weighted by Crippen LogP contribution is 2.46. The van der Waals surface area contributed by atoms with Crippen LogP contribution in [0.2, 0.25) is 0 Å². The Morgan fingerprint density at radius 3 is 2.19 bits per heavy atom. The van der Waals surface area contributed by atoms with Crippen molar-refractivity contribution in [3.05, 3.63) is 0 Å². The lowest BCUT2D eigenvalue weighted by atomic mass is 10.1. The van der Waals surface area contributed by atoms with Crippen LogP contribution in [-0.2, 0) is 9.84 Å². The molecule has 1 aliphatic carbocycles. The standard InChI is InChI=1S/C16H29F3N4O2S.HI/c1-4-20-14(21-11-15(5-6-15)12-26(3,24)25)23-9-7-22(8-10-23)13(2)16(17,18)19;/h13H,4-12H2,1-3H3,(H,20,21);1H. The first-order chi connectivity index (χ1) is 12.0. The summed E-state index contributed by atoms with van der Waals surface area (Å²) in [4.78, 5) is 7.99. The number of guanidine groups is 1. The van der Waals surface area contributed by atoms with Gasteiger partial charge in [0.05, 0.1) is 5.75 Å². The fraction of sp³-hybridized carbons (Fsp3) is 0.938. The van der Waals surface area contributed by atoms with Crippen LogP contribution in [0.25, 0.3) is 0 Å². The molecular formula is C16H30F3IN4O2S. The van der Waals surface area contributed by atoms with E-state index in [0.717, 1.165) is 12.8 Å². The van der Waals surface area contributed by atoms with E-state index >= 15 is 0 Å². The van der Waals surface area contributed by atoms with Crippen molar-refractivity contribution in [1.29, 1.82) is 0 Å². The maximum atomic E-state index is 12.9. The quantitative estimate of drug-likeness (QED) is 0.326. The summed E-state index contributed by atoms with van der Waals surface area (Å²) in [5.74, 6) is 0.798. The van der Waals surface area contributed by atoms with Crippen LogP contribution in [0.4, 0.5) is 13.2 Å². The van der Waals surface area contributed by atoms with Crippen LogP contribution in [0, 0.1) is 5.41 Å². The van der Waals surface area contributed by atoms with Gasteiger partial charge in [-0.05, 0) is 26.7 Å². The van der Waals surface area contributed by atoms with Gasteiger partial charge in [0.1, 0.15) is 15.9 Å². The van der Waals surface area contributed by atoms with Crippen molar-refractivity contribution < 1.29 is 21.6 Å². The van der Waals surface area contributed by atoms with E-state index < -0.39 is 22.1 Å². The third-order valence-electron chi connectivity index (χ3n) is 5.06. The number of piperazine rings is 1. The summed E-state index contributed by atoms with van der Waals surface area (Å²) >= 11 is 0. The van der Waals surface area contributed by atoms with Crippen molar-refractivity contribution in [3.63, 3.8) is 0 Å². The van der Waals surface area contributed by atoms with E-state index in [1.807, 2.05) is 11.8 Å². The van der Waals surface area contributed by atoms with Crippen LogP contribution in [0.5, 0.6) is 0 Å². The topological polar surface area (TPSA) is 65.0 Å². The predicted octanol–water partition coefficient (Wildman–Crippen LogP) is 1.96. The van der Waals surface area contributed by atoms with Gasteiger partial charge in [-0.2, -0.15) is 13.2 Å². The molecule has 1 heterocycles. The number of hydrogen-bond acceptors (Lipinski definition) is 4. The Bertz CT molecular complexity index is 616. The van der Waals surface area contributed by atoms with Gasteiger partial charge >= 0.3 is 6.18 Å². The van der Waals surface area contributed by atoms with E-state index in [9.17, 15) is 21.6 Å². The molecule has 0 spiro atoms. The average Bonchev–Trinajstić information content (AvgIpc) is 3.28. The number of aliphatic imine (C=N–C) groups is 1. The van der Waals surface area contributed by atoms with Gasteiger partial charge in [-0.15, -0.1) is 24.0 Å². The van der Waals surface area contributed by atoms with Gasteiger partial charge in [0, 0.05) is 50.9 Å². The second-order valence-electron chi connectivity index (χ2n) is 7.48. The van der Waals surface area contributed by atoms with Gasteiger partial charge in [-0.3, -0.25) is 9.89 Å². The Kier molecular flexibility index (Phi) is 8.67. The maximum absolute atomic E-state index is 12.9. The van der Waals surface area contributed by atoms with Gasteiger partial charge in [0.2, 0.25) is 0 Å². The molecule has 160 valence electrons. The molecular weight excluding hydrogens is 496 g/mol. The predicted molar refractivity (Wildman–Crippen MR) is 111 cm³/mol. The molecule has 0 aromatic carbocycles. The monoisotopic (exact) mass is 526 g/mol. The molecule has 1 unspecified atom stereocenters. The molecule has 0 radical (unpaired) electrons. The van der Waals surface area contributed by atoms with Crippen molar-refractivity contribution in [2.45, 2.75) is 38.9 Å². The fourth-order valence-corrected chi connectivity index (χ4v) is 4.77. The number of alkyl halides is 3. The molecule has 1 N–H and O–H groups in total. The summed E-state index contributed by atoms with van der Waals surface area (Å²) in [5, 5.41) is 3.18. The van der Waals surface area contributed by atoms with Crippen molar-refractivity contribution in [3.8, 4) is 0 Å². The van der Waals surface area contributed by atoms with Crippen molar-refractivity contribution in [2.75, 3.05) is 51.3 Å². The lowest BCUT2D eigenvalue weighted by molar-refractivity contribution is -0.181. The number of halogens is 4. The van der Waals surface area contributed by atoms with Gasteiger partial charge in [0.25, 0.3) is 0 Å². The molecule has 1 atom stereocenters. The molecule has 1 aliphatic heterocycles.